The van der Waals surface area contributed by atoms with Crippen LogP contribution in [0, 0.1) is 0 Å². The average Bonchev–Trinajstić information content (AvgIpc) is 2.97. The summed E-state index contributed by atoms with van der Waals surface area (Å²) in [5, 5.41) is 16.2. The highest BCUT2D eigenvalue weighted by Gasteiger charge is 2.44. The van der Waals surface area contributed by atoms with Crippen LogP contribution in [0.5, 0.6) is 0 Å². The molecule has 0 aromatic carbocycles. The number of carbonyl (C=O) groups excluding carboxylic acids is 1. The van der Waals surface area contributed by atoms with Crippen LogP contribution < -0.4 is 0 Å². The van der Waals surface area contributed by atoms with E-state index >= 15 is 0 Å². The molecule has 2 fully saturated rings. The second-order valence-corrected chi connectivity index (χ2v) is 7.03. The third-order valence-electron chi connectivity index (χ3n) is 3.92. The molecule has 1 N–H and O–H groups in total. The first kappa shape index (κ1) is 13.4. The minimum atomic E-state index is -1.08. The van der Waals surface area contributed by atoms with Gasteiger partial charge in [0.25, 0.3) is 0 Å². The summed E-state index contributed by atoms with van der Waals surface area (Å²) in [6.45, 7) is 3.17. The summed E-state index contributed by atoms with van der Waals surface area (Å²) in [6.07, 6.45) is 3.44. The molecule has 3 heterocycles. The van der Waals surface area contributed by atoms with Crippen molar-refractivity contribution in [1.29, 1.82) is 0 Å². The van der Waals surface area contributed by atoms with Crippen LogP contribution in [0.25, 0.3) is 0 Å². The Bertz CT molecular complexity index is 547. The van der Waals surface area contributed by atoms with Crippen LogP contribution in [0.3, 0.4) is 0 Å². The topological polar surface area (TPSA) is 88.3 Å². The van der Waals surface area contributed by atoms with Gasteiger partial charge in [0.05, 0.1) is 17.0 Å². The van der Waals surface area contributed by atoms with E-state index in [-0.39, 0.29) is 22.4 Å². The summed E-state index contributed by atoms with van der Waals surface area (Å²) >= 11 is 1.73. The Labute approximate surface area is 120 Å². The second-order valence-electron chi connectivity index (χ2n) is 5.44. The van der Waals surface area contributed by atoms with Gasteiger partial charge in [0.2, 0.25) is 5.91 Å². The molecular formula is C12H16N4O3S. The van der Waals surface area contributed by atoms with Crippen molar-refractivity contribution in [3.8, 4) is 0 Å². The number of aromatic carboxylic acids is 1. The zero-order chi connectivity index (χ0) is 14.3. The fourth-order valence-electron chi connectivity index (χ4n) is 2.62. The molecule has 0 radical (unpaired) electrons. The predicted octanol–water partition coefficient (Wildman–Crippen LogP) is 0.645. The molecule has 7 nitrogen and oxygen atoms in total. The number of nitrogens with zero attached hydrogens (tertiary/aromatic N) is 4. The van der Waals surface area contributed by atoms with E-state index in [0.29, 0.717) is 13.1 Å². The Kier molecular flexibility index (Phi) is 3.19. The minimum absolute atomic E-state index is 0.0366. The lowest BCUT2D eigenvalue weighted by molar-refractivity contribution is -0.139. The van der Waals surface area contributed by atoms with Crippen LogP contribution in [-0.4, -0.2) is 60.5 Å². The number of hydrogen-bond donors (Lipinski definition) is 1. The maximum Gasteiger partial charge on any atom is 0.358 e. The van der Waals surface area contributed by atoms with Gasteiger partial charge in [-0.25, -0.2) is 9.48 Å². The van der Waals surface area contributed by atoms with Gasteiger partial charge in [-0.3, -0.25) is 4.79 Å². The Balaban J connectivity index is 1.60. The largest absolute Gasteiger partial charge is 0.476 e. The predicted molar refractivity (Wildman–Crippen MR) is 72.7 cm³/mol. The molecule has 0 saturated carbocycles. The molecule has 1 atom stereocenters. The highest BCUT2D eigenvalue weighted by molar-refractivity contribution is 8.01. The lowest BCUT2D eigenvalue weighted by Crippen LogP contribution is -2.56. The van der Waals surface area contributed by atoms with Crippen molar-refractivity contribution in [2.45, 2.75) is 30.6 Å². The van der Waals surface area contributed by atoms with E-state index in [1.54, 1.807) is 11.8 Å². The highest BCUT2D eigenvalue weighted by Crippen LogP contribution is 2.40. The van der Waals surface area contributed by atoms with Crippen LogP contribution in [0.15, 0.2) is 6.20 Å². The van der Waals surface area contributed by atoms with E-state index in [1.807, 2.05) is 11.8 Å². The van der Waals surface area contributed by atoms with Gasteiger partial charge >= 0.3 is 5.97 Å². The number of carbonyl (C=O) groups is 2. The van der Waals surface area contributed by atoms with Crippen molar-refractivity contribution in [2.75, 3.05) is 18.8 Å². The zero-order valence-corrected chi connectivity index (χ0v) is 12.0. The molecule has 1 aromatic rings. The van der Waals surface area contributed by atoms with Gasteiger partial charge in [0.15, 0.2) is 5.69 Å². The SMILES string of the molecule is CC1(C(=O)N2CC(n3cc(C(=O)O)nn3)C2)CCCS1. The first-order valence-electron chi connectivity index (χ1n) is 6.58. The third kappa shape index (κ3) is 2.17. The Morgan fingerprint density at radius 1 is 1.50 bits per heavy atom. The molecule has 20 heavy (non-hydrogen) atoms. The molecule has 0 aliphatic carbocycles. The molecule has 0 bridgehead atoms. The molecule has 2 saturated heterocycles. The van der Waals surface area contributed by atoms with Gasteiger partial charge in [0.1, 0.15) is 0 Å². The third-order valence-corrected chi connectivity index (χ3v) is 5.43. The maximum atomic E-state index is 12.4. The van der Waals surface area contributed by atoms with Crippen molar-refractivity contribution in [3.63, 3.8) is 0 Å². The average molecular weight is 296 g/mol. The number of aromatic nitrogens is 3. The molecule has 1 amide bonds. The maximum absolute atomic E-state index is 12.4. The first-order chi connectivity index (χ1) is 9.49. The first-order valence-corrected chi connectivity index (χ1v) is 7.57. The van der Waals surface area contributed by atoms with Gasteiger partial charge in [0, 0.05) is 13.1 Å². The van der Waals surface area contributed by atoms with Crippen LogP contribution >= 0.6 is 11.8 Å². The lowest BCUT2D eigenvalue weighted by atomic mass is 10.00. The van der Waals surface area contributed by atoms with E-state index in [9.17, 15) is 9.59 Å². The Morgan fingerprint density at radius 2 is 2.25 bits per heavy atom. The van der Waals surface area contributed by atoms with Crippen molar-refractivity contribution in [1.82, 2.24) is 19.9 Å². The van der Waals surface area contributed by atoms with E-state index in [1.165, 1.54) is 10.9 Å². The molecule has 3 rings (SSSR count). The number of carboxylic acid groups (broad SMARTS) is 1. The van der Waals surface area contributed by atoms with Crippen molar-refractivity contribution < 1.29 is 14.7 Å². The molecule has 2 aliphatic rings. The molecule has 1 aromatic heterocycles. The van der Waals surface area contributed by atoms with Crippen LogP contribution in [0.2, 0.25) is 0 Å². The van der Waals surface area contributed by atoms with Crippen molar-refractivity contribution >= 4 is 23.6 Å². The monoisotopic (exact) mass is 296 g/mol. The van der Waals surface area contributed by atoms with Crippen LogP contribution in [-0.2, 0) is 4.79 Å². The smallest absolute Gasteiger partial charge is 0.358 e. The number of amides is 1. The van der Waals surface area contributed by atoms with E-state index in [0.717, 1.165) is 18.6 Å². The van der Waals surface area contributed by atoms with E-state index < -0.39 is 5.97 Å². The van der Waals surface area contributed by atoms with Gasteiger partial charge in [-0.05, 0) is 25.5 Å². The number of thioether (sulfide) groups is 1. The quantitative estimate of drug-likeness (QED) is 0.881. The van der Waals surface area contributed by atoms with Crippen LogP contribution in [0.4, 0.5) is 0 Å². The molecule has 108 valence electrons. The molecule has 2 aliphatic heterocycles. The summed E-state index contributed by atoms with van der Waals surface area (Å²) in [5.74, 6) is 0.151. The Morgan fingerprint density at radius 3 is 2.80 bits per heavy atom. The number of likely N-dealkylation sites (tertiary alicyclic amines) is 1. The van der Waals surface area contributed by atoms with Gasteiger partial charge in [-0.15, -0.1) is 16.9 Å². The van der Waals surface area contributed by atoms with Crippen molar-refractivity contribution in [3.05, 3.63) is 11.9 Å². The van der Waals surface area contributed by atoms with Crippen molar-refractivity contribution in [2.24, 2.45) is 0 Å². The fourth-order valence-corrected chi connectivity index (χ4v) is 3.90. The second kappa shape index (κ2) is 4.76. The summed E-state index contributed by atoms with van der Waals surface area (Å²) in [6, 6.07) is 0.0366. The van der Waals surface area contributed by atoms with Gasteiger partial charge < -0.3 is 10.0 Å². The normalized spacial score (nSPS) is 26.6. The standard InChI is InChI=1S/C12H16N4O3S/c1-12(3-2-4-20-12)11(19)15-5-8(6-15)16-7-9(10(17)18)13-14-16/h7-8H,2-6H2,1H3,(H,17,18). The molecular weight excluding hydrogens is 280 g/mol. The molecule has 0 spiro atoms. The summed E-state index contributed by atoms with van der Waals surface area (Å²) in [5.41, 5.74) is -0.0620. The minimum Gasteiger partial charge on any atom is -0.476 e. The van der Waals surface area contributed by atoms with Gasteiger partial charge in [-0.1, -0.05) is 5.21 Å². The van der Waals surface area contributed by atoms with E-state index in [2.05, 4.69) is 10.3 Å². The Hall–Kier alpha value is -1.57. The fraction of sp³-hybridized carbons (Fsp3) is 0.667. The van der Waals surface area contributed by atoms with E-state index in [4.69, 9.17) is 5.11 Å². The zero-order valence-electron chi connectivity index (χ0n) is 11.2. The van der Waals surface area contributed by atoms with Gasteiger partial charge in [-0.2, -0.15) is 0 Å². The van der Waals surface area contributed by atoms with Crippen LogP contribution in [0.1, 0.15) is 36.3 Å². The number of rotatable bonds is 3. The number of carboxylic acids is 1. The molecule has 1 unspecified atom stereocenters. The lowest BCUT2D eigenvalue weighted by Gasteiger charge is -2.42. The summed E-state index contributed by atoms with van der Waals surface area (Å²) in [7, 11) is 0. The highest BCUT2D eigenvalue weighted by atomic mass is 32.2. The summed E-state index contributed by atoms with van der Waals surface area (Å²) < 4.78 is 1.26. The molecule has 8 heteroatoms. The summed E-state index contributed by atoms with van der Waals surface area (Å²) in [4.78, 5) is 25.0. The number of hydrogen-bond acceptors (Lipinski definition) is 5.